The number of benzene rings is 2. The third-order valence-electron chi connectivity index (χ3n) is 2.34. The van der Waals surface area contributed by atoms with Crippen LogP contribution in [0.4, 0.5) is 0 Å². The minimum absolute atomic E-state index is 0.110. The predicted molar refractivity (Wildman–Crippen MR) is 63.9 cm³/mol. The Kier molecular flexibility index (Phi) is 2.93. The molecule has 1 N–H and O–H groups in total. The highest BCUT2D eigenvalue weighted by molar-refractivity contribution is 6.31. The molecule has 0 spiro atoms. The monoisotopic (exact) mass is 232 g/mol. The van der Waals surface area contributed by atoms with E-state index in [9.17, 15) is 9.90 Å². The Hall–Kier alpha value is -1.80. The highest BCUT2D eigenvalue weighted by Crippen LogP contribution is 2.33. The summed E-state index contributed by atoms with van der Waals surface area (Å²) in [5.41, 5.74) is 1.77. The van der Waals surface area contributed by atoms with Crippen LogP contribution < -0.4 is 0 Å². The van der Waals surface area contributed by atoms with Crippen molar-refractivity contribution in [1.29, 1.82) is 0 Å². The molecule has 0 heterocycles. The number of phenols is 1. The Bertz CT molecular complexity index is 535. The first-order valence-electron chi connectivity index (χ1n) is 4.75. The van der Waals surface area contributed by atoms with Gasteiger partial charge in [-0.05, 0) is 23.8 Å². The molecule has 0 aliphatic heterocycles. The second kappa shape index (κ2) is 4.37. The van der Waals surface area contributed by atoms with Gasteiger partial charge in [-0.1, -0.05) is 35.9 Å². The van der Waals surface area contributed by atoms with Gasteiger partial charge in [0.15, 0.2) is 6.29 Å². The van der Waals surface area contributed by atoms with Crippen LogP contribution in [0, 0.1) is 0 Å². The maximum atomic E-state index is 10.9. The fourth-order valence-corrected chi connectivity index (χ4v) is 1.74. The molecule has 0 amide bonds. The molecule has 2 aromatic carbocycles. The smallest absolute Gasteiger partial charge is 0.150 e. The summed E-state index contributed by atoms with van der Waals surface area (Å²) in [5, 5.41) is 10.3. The fourth-order valence-electron chi connectivity index (χ4n) is 1.57. The van der Waals surface area contributed by atoms with Crippen molar-refractivity contribution in [3.63, 3.8) is 0 Å². The molecule has 0 radical (unpaired) electrons. The van der Waals surface area contributed by atoms with E-state index in [1.807, 2.05) is 6.07 Å². The molecule has 0 fully saturated rings. The standard InChI is InChI=1S/C13H9ClO2/c14-10-5-6-13(16)12(7-10)11-4-2-1-3-9(11)8-15/h1-8,16H. The molecule has 0 saturated carbocycles. The summed E-state index contributed by atoms with van der Waals surface area (Å²) in [6.45, 7) is 0. The Labute approximate surface area is 98.1 Å². The molecular formula is C13H9ClO2. The molecule has 0 saturated heterocycles. The summed E-state index contributed by atoms with van der Waals surface area (Å²) in [6.07, 6.45) is 0.760. The molecule has 2 rings (SSSR count). The van der Waals surface area contributed by atoms with Crippen LogP contribution >= 0.6 is 11.6 Å². The molecule has 80 valence electrons. The molecule has 0 unspecified atom stereocenters. The topological polar surface area (TPSA) is 37.3 Å². The van der Waals surface area contributed by atoms with Crippen molar-refractivity contribution in [2.75, 3.05) is 0 Å². The minimum atomic E-state index is 0.110. The van der Waals surface area contributed by atoms with Gasteiger partial charge in [-0.25, -0.2) is 0 Å². The number of carbonyl (C=O) groups is 1. The molecular weight excluding hydrogens is 224 g/mol. The first kappa shape index (κ1) is 10.7. The van der Waals surface area contributed by atoms with Gasteiger partial charge in [-0.3, -0.25) is 4.79 Å². The zero-order valence-corrected chi connectivity index (χ0v) is 9.11. The Morgan fingerprint density at radius 3 is 2.56 bits per heavy atom. The summed E-state index contributed by atoms with van der Waals surface area (Å²) in [7, 11) is 0. The van der Waals surface area contributed by atoms with Crippen molar-refractivity contribution >= 4 is 17.9 Å². The van der Waals surface area contributed by atoms with Crippen LogP contribution in [-0.2, 0) is 0 Å². The number of rotatable bonds is 2. The number of carbonyl (C=O) groups excluding carboxylic acids is 1. The molecule has 2 nitrogen and oxygen atoms in total. The van der Waals surface area contributed by atoms with Crippen LogP contribution in [0.2, 0.25) is 5.02 Å². The van der Waals surface area contributed by atoms with Crippen LogP contribution in [-0.4, -0.2) is 11.4 Å². The molecule has 0 aliphatic carbocycles. The quantitative estimate of drug-likeness (QED) is 0.805. The second-order valence-corrected chi connectivity index (χ2v) is 3.80. The first-order valence-corrected chi connectivity index (χ1v) is 5.13. The number of phenolic OH excluding ortho intramolecular Hbond substituents is 1. The summed E-state index contributed by atoms with van der Waals surface area (Å²) in [6, 6.07) is 11.8. The number of aldehydes is 1. The van der Waals surface area contributed by atoms with E-state index in [2.05, 4.69) is 0 Å². The van der Waals surface area contributed by atoms with Crippen LogP contribution in [0.3, 0.4) is 0 Å². The van der Waals surface area contributed by atoms with Crippen LogP contribution in [0.1, 0.15) is 10.4 Å². The van der Waals surface area contributed by atoms with Gasteiger partial charge in [0.1, 0.15) is 5.75 Å². The van der Waals surface area contributed by atoms with Gasteiger partial charge >= 0.3 is 0 Å². The van der Waals surface area contributed by atoms with E-state index in [4.69, 9.17) is 11.6 Å². The van der Waals surface area contributed by atoms with E-state index in [0.717, 1.165) is 6.29 Å². The minimum Gasteiger partial charge on any atom is -0.507 e. The Morgan fingerprint density at radius 2 is 1.81 bits per heavy atom. The Morgan fingerprint density at radius 1 is 1.06 bits per heavy atom. The van der Waals surface area contributed by atoms with Gasteiger partial charge in [-0.2, -0.15) is 0 Å². The van der Waals surface area contributed by atoms with Crippen molar-refractivity contribution in [2.45, 2.75) is 0 Å². The molecule has 0 aliphatic rings. The van der Waals surface area contributed by atoms with Crippen molar-refractivity contribution in [3.8, 4) is 16.9 Å². The molecule has 0 atom stereocenters. The van der Waals surface area contributed by atoms with Gasteiger partial charge in [0.25, 0.3) is 0 Å². The Balaban J connectivity index is 2.66. The first-order chi connectivity index (χ1) is 7.72. The van der Waals surface area contributed by atoms with Gasteiger partial charge < -0.3 is 5.11 Å². The van der Waals surface area contributed by atoms with Crippen molar-refractivity contribution in [2.24, 2.45) is 0 Å². The SMILES string of the molecule is O=Cc1ccccc1-c1cc(Cl)ccc1O. The third-order valence-corrected chi connectivity index (χ3v) is 2.57. The van der Waals surface area contributed by atoms with Gasteiger partial charge in [0, 0.05) is 16.1 Å². The summed E-state index contributed by atoms with van der Waals surface area (Å²) in [5.74, 6) is 0.110. The largest absolute Gasteiger partial charge is 0.507 e. The molecule has 0 aromatic heterocycles. The fraction of sp³-hybridized carbons (Fsp3) is 0. The van der Waals surface area contributed by atoms with Gasteiger partial charge in [0.05, 0.1) is 0 Å². The van der Waals surface area contributed by atoms with E-state index in [1.54, 1.807) is 30.3 Å². The maximum absolute atomic E-state index is 10.9. The normalized spacial score (nSPS) is 10.1. The number of hydrogen-bond donors (Lipinski definition) is 1. The van der Waals surface area contributed by atoms with Crippen molar-refractivity contribution in [3.05, 3.63) is 53.1 Å². The highest BCUT2D eigenvalue weighted by Gasteiger charge is 2.08. The lowest BCUT2D eigenvalue weighted by molar-refractivity contribution is 0.112. The number of aromatic hydroxyl groups is 1. The van der Waals surface area contributed by atoms with Gasteiger partial charge in [0.2, 0.25) is 0 Å². The maximum Gasteiger partial charge on any atom is 0.150 e. The third kappa shape index (κ3) is 1.92. The summed E-state index contributed by atoms with van der Waals surface area (Å²) < 4.78 is 0. The molecule has 3 heteroatoms. The zero-order chi connectivity index (χ0) is 11.5. The lowest BCUT2D eigenvalue weighted by Crippen LogP contribution is -1.87. The molecule has 2 aromatic rings. The van der Waals surface area contributed by atoms with Crippen LogP contribution in [0.25, 0.3) is 11.1 Å². The van der Waals surface area contributed by atoms with E-state index >= 15 is 0 Å². The summed E-state index contributed by atoms with van der Waals surface area (Å²) >= 11 is 5.86. The van der Waals surface area contributed by atoms with E-state index in [-0.39, 0.29) is 5.75 Å². The van der Waals surface area contributed by atoms with Crippen molar-refractivity contribution < 1.29 is 9.90 Å². The van der Waals surface area contributed by atoms with E-state index in [0.29, 0.717) is 21.7 Å². The zero-order valence-electron chi connectivity index (χ0n) is 8.35. The predicted octanol–water partition coefficient (Wildman–Crippen LogP) is 3.53. The lowest BCUT2D eigenvalue weighted by atomic mass is 10.00. The second-order valence-electron chi connectivity index (χ2n) is 3.37. The highest BCUT2D eigenvalue weighted by atomic mass is 35.5. The summed E-state index contributed by atoms with van der Waals surface area (Å²) in [4.78, 5) is 10.9. The molecule has 16 heavy (non-hydrogen) atoms. The number of hydrogen-bond acceptors (Lipinski definition) is 2. The van der Waals surface area contributed by atoms with Gasteiger partial charge in [-0.15, -0.1) is 0 Å². The lowest BCUT2D eigenvalue weighted by Gasteiger charge is -2.07. The molecule has 0 bridgehead atoms. The average Bonchev–Trinajstić information content (AvgIpc) is 2.32. The van der Waals surface area contributed by atoms with E-state index in [1.165, 1.54) is 6.07 Å². The van der Waals surface area contributed by atoms with E-state index < -0.39 is 0 Å². The van der Waals surface area contributed by atoms with Crippen LogP contribution in [0.15, 0.2) is 42.5 Å². The van der Waals surface area contributed by atoms with Crippen molar-refractivity contribution in [1.82, 2.24) is 0 Å². The average molecular weight is 233 g/mol. The van der Waals surface area contributed by atoms with Crippen LogP contribution in [0.5, 0.6) is 5.75 Å². The number of halogens is 1.